The molecule has 1 atom stereocenters. The quantitative estimate of drug-likeness (QED) is 0.537. The molecule has 3 nitrogen and oxygen atoms in total. The molecule has 1 aromatic rings. The van der Waals surface area contributed by atoms with E-state index in [1.54, 1.807) is 23.2 Å². The van der Waals surface area contributed by atoms with Crippen LogP contribution in [0.25, 0.3) is 0 Å². The van der Waals surface area contributed by atoms with Gasteiger partial charge in [0.05, 0.1) is 0 Å². The summed E-state index contributed by atoms with van der Waals surface area (Å²) in [6.07, 6.45) is -5.88. The number of carbonyl (C=O) groups is 1. The molecule has 0 aromatic heterocycles. The molecule has 1 unspecified atom stereocenters. The number of anilines is 1. The van der Waals surface area contributed by atoms with Gasteiger partial charge in [-0.15, -0.1) is 24.7 Å². The summed E-state index contributed by atoms with van der Waals surface area (Å²) in [4.78, 5) is 14.5. The first-order valence-corrected chi connectivity index (χ1v) is 9.11. The van der Waals surface area contributed by atoms with Crippen molar-refractivity contribution in [3.05, 3.63) is 61.1 Å². The Morgan fingerprint density at radius 3 is 2.08 bits per heavy atom. The Balaban J connectivity index is 3.37. The van der Waals surface area contributed by atoms with E-state index < -0.39 is 26.0 Å². The molecule has 0 N–H and O–H groups in total. The van der Waals surface area contributed by atoms with Gasteiger partial charge in [0.25, 0.3) is 0 Å². The highest BCUT2D eigenvalue weighted by Crippen LogP contribution is 2.37. The molecule has 1 amide bonds. The average molecular weight is 377 g/mol. The number of hydrogen-bond donors (Lipinski definition) is 0. The van der Waals surface area contributed by atoms with E-state index in [2.05, 4.69) is 24.7 Å². The van der Waals surface area contributed by atoms with E-state index in [-0.39, 0.29) is 5.69 Å². The number of carbonyl (C=O) groups excluding carboxylic acids is 1. The molecule has 0 saturated carbocycles. The van der Waals surface area contributed by atoms with E-state index in [4.69, 9.17) is 0 Å². The van der Waals surface area contributed by atoms with Gasteiger partial charge in [0.15, 0.2) is 8.07 Å². The van der Waals surface area contributed by atoms with Gasteiger partial charge >= 0.3 is 17.9 Å². The molecule has 0 bridgehead atoms. The van der Waals surface area contributed by atoms with E-state index in [0.29, 0.717) is 10.1 Å². The lowest BCUT2D eigenvalue weighted by molar-refractivity contribution is -0.380. The van der Waals surface area contributed by atoms with Gasteiger partial charge < -0.3 is 4.90 Å². The third kappa shape index (κ3) is 3.56. The smallest absolute Gasteiger partial charge is 0.310 e. The maximum atomic E-state index is 13.7. The average Bonchev–Trinajstić information content (AvgIpc) is 2.61. The highest BCUT2D eigenvalue weighted by Gasteiger charge is 2.66. The molecule has 0 saturated heterocycles. The van der Waals surface area contributed by atoms with Crippen LogP contribution in [-0.2, 0) is 9.74 Å². The normalized spacial score (nSPS) is 14.3. The Bertz CT molecular complexity index is 670. The molecule has 1 aromatic carbocycles. The van der Waals surface area contributed by atoms with Crippen molar-refractivity contribution in [2.75, 3.05) is 11.9 Å². The van der Waals surface area contributed by atoms with E-state index in [9.17, 15) is 26.9 Å². The first kappa shape index (κ1) is 20.8. The largest absolute Gasteiger partial charge is 0.461 e. The minimum absolute atomic E-state index is 0.0896. The molecule has 0 aliphatic carbocycles. The molecule has 0 radical (unpaired) electrons. The molecule has 0 heterocycles. The number of likely N-dealkylation sites (N-methyl/N-ethyl adjacent to an activating group) is 1. The Kier molecular flexibility index (Phi) is 6.08. The summed E-state index contributed by atoms with van der Waals surface area (Å²) in [6.45, 7) is 11.1. The summed E-state index contributed by atoms with van der Waals surface area (Å²) in [5.74, 6) is -7.34. The molecule has 136 valence electrons. The van der Waals surface area contributed by atoms with Gasteiger partial charge in [-0.3, -0.25) is 4.79 Å². The first-order valence-electron chi connectivity index (χ1n) is 6.88. The third-order valence-electron chi connectivity index (χ3n) is 3.80. The number of nitrogens with zero attached hydrogens (tertiary/aromatic N) is 1. The molecule has 0 aliphatic rings. The first-order chi connectivity index (χ1) is 11.5. The second-order valence-electron chi connectivity index (χ2n) is 5.13. The van der Waals surface area contributed by atoms with Gasteiger partial charge in [0, 0.05) is 12.7 Å². The van der Waals surface area contributed by atoms with Crippen LogP contribution in [0.4, 0.5) is 27.8 Å². The molecule has 9 heteroatoms. The van der Waals surface area contributed by atoms with Gasteiger partial charge in [-0.2, -0.15) is 17.6 Å². The Hall–Kier alpha value is -2.26. The van der Waals surface area contributed by atoms with Crippen LogP contribution in [0.3, 0.4) is 0 Å². The third-order valence-corrected chi connectivity index (χ3v) is 7.13. The molecule has 0 fully saturated rings. The summed E-state index contributed by atoms with van der Waals surface area (Å²) < 4.78 is 63.9. The van der Waals surface area contributed by atoms with Crippen molar-refractivity contribution in [1.82, 2.24) is 0 Å². The standard InChI is InChI=1S/C16H16F5NO2Si/c1-5-25(6-2,7-3)13-10-8-9-12(11-13)22(4)14(23)15(17,24-21)16(18,19)20/h5-11H,1-3H2,4H3. The van der Waals surface area contributed by atoms with Crippen LogP contribution in [0.15, 0.2) is 61.1 Å². The molecule has 0 aliphatic heterocycles. The van der Waals surface area contributed by atoms with Gasteiger partial charge in [-0.1, -0.05) is 29.2 Å². The summed E-state index contributed by atoms with van der Waals surface area (Å²) in [7, 11) is -1.69. The van der Waals surface area contributed by atoms with Crippen molar-refractivity contribution < 1.29 is 31.8 Å². The number of benzene rings is 1. The minimum Gasteiger partial charge on any atom is -0.310 e. The summed E-state index contributed by atoms with van der Waals surface area (Å²) in [5, 5.41) is 0.599. The molecule has 0 spiro atoms. The van der Waals surface area contributed by atoms with E-state index in [1.807, 2.05) is 0 Å². The van der Waals surface area contributed by atoms with Crippen LogP contribution in [0.5, 0.6) is 0 Å². The van der Waals surface area contributed by atoms with E-state index >= 15 is 0 Å². The van der Waals surface area contributed by atoms with Crippen LogP contribution in [-0.4, -0.2) is 33.1 Å². The van der Waals surface area contributed by atoms with Crippen molar-refractivity contribution in [3.8, 4) is 0 Å². The number of halogens is 5. The number of hydrogen-bond acceptors (Lipinski definition) is 2. The Morgan fingerprint density at radius 2 is 1.68 bits per heavy atom. The fourth-order valence-electron chi connectivity index (χ4n) is 2.12. The van der Waals surface area contributed by atoms with Crippen LogP contribution < -0.4 is 10.1 Å². The van der Waals surface area contributed by atoms with Gasteiger partial charge in [0.1, 0.15) is 0 Å². The van der Waals surface area contributed by atoms with E-state index in [0.717, 1.165) is 7.05 Å². The lowest BCUT2D eigenvalue weighted by Gasteiger charge is -2.28. The van der Waals surface area contributed by atoms with Gasteiger partial charge in [-0.25, -0.2) is 0 Å². The van der Waals surface area contributed by atoms with E-state index in [1.165, 1.54) is 18.2 Å². The second-order valence-corrected chi connectivity index (χ2v) is 8.80. The number of alkyl halides is 4. The summed E-state index contributed by atoms with van der Waals surface area (Å²) in [6, 6.07) is 5.74. The maximum Gasteiger partial charge on any atom is 0.461 e. The predicted molar refractivity (Wildman–Crippen MR) is 87.9 cm³/mol. The van der Waals surface area contributed by atoms with Crippen LogP contribution in [0.2, 0.25) is 0 Å². The Morgan fingerprint density at radius 1 is 1.16 bits per heavy atom. The van der Waals surface area contributed by atoms with Crippen LogP contribution >= 0.6 is 0 Å². The van der Waals surface area contributed by atoms with Crippen LogP contribution in [0, 0.1) is 0 Å². The highest BCUT2D eigenvalue weighted by molar-refractivity contribution is 7.03. The molecule has 25 heavy (non-hydrogen) atoms. The fraction of sp³-hybridized carbons (Fsp3) is 0.188. The number of amides is 1. The minimum atomic E-state index is -5.88. The van der Waals surface area contributed by atoms with Crippen molar-refractivity contribution in [3.63, 3.8) is 0 Å². The van der Waals surface area contributed by atoms with Crippen molar-refractivity contribution in [2.24, 2.45) is 0 Å². The lowest BCUT2D eigenvalue weighted by atomic mass is 10.2. The van der Waals surface area contributed by atoms with Crippen molar-refractivity contribution >= 4 is 24.9 Å². The molecular formula is C16H16F5NO2Si. The number of rotatable bonds is 7. The molecular weight excluding hydrogens is 361 g/mol. The van der Waals surface area contributed by atoms with Crippen molar-refractivity contribution in [1.29, 1.82) is 0 Å². The zero-order valence-corrected chi connectivity index (χ0v) is 14.3. The summed E-state index contributed by atoms with van der Waals surface area (Å²) >= 11 is 0. The second kappa shape index (κ2) is 7.32. The fourth-order valence-corrected chi connectivity index (χ4v) is 4.11. The summed E-state index contributed by atoms with van der Waals surface area (Å²) in [5.41, 5.74) is 4.77. The SMILES string of the molecule is C=C[Si](C=C)(C=C)c1cccc(N(C)C(=O)C(F)(OF)C(F)(F)F)c1. The lowest BCUT2D eigenvalue weighted by Crippen LogP contribution is -2.55. The monoisotopic (exact) mass is 377 g/mol. The maximum absolute atomic E-state index is 13.7. The predicted octanol–water partition coefficient (Wildman–Crippen LogP) is 3.61. The van der Waals surface area contributed by atoms with Gasteiger partial charge in [0.2, 0.25) is 0 Å². The molecule has 1 rings (SSSR count). The zero-order valence-electron chi connectivity index (χ0n) is 13.3. The highest BCUT2D eigenvalue weighted by atomic mass is 28.3. The zero-order chi connectivity index (χ0) is 19.5. The van der Waals surface area contributed by atoms with Crippen molar-refractivity contribution in [2.45, 2.75) is 12.0 Å². The Labute approximate surface area is 142 Å². The van der Waals surface area contributed by atoms with Gasteiger partial charge in [-0.05, 0) is 21.8 Å². The topological polar surface area (TPSA) is 29.5 Å². The van der Waals surface area contributed by atoms with Crippen LogP contribution in [0.1, 0.15) is 0 Å².